The fraction of sp³-hybridized carbons (Fsp3) is 0.455. The van der Waals surface area contributed by atoms with Gasteiger partial charge in [0.15, 0.2) is 0 Å². The fourth-order valence-corrected chi connectivity index (χ4v) is 1.89. The Morgan fingerprint density at radius 2 is 2.33 bits per heavy atom. The number of halogens is 1. The monoisotopic (exact) mass is 164 g/mol. The van der Waals surface area contributed by atoms with Crippen LogP contribution in [0.5, 0.6) is 0 Å². The lowest BCUT2D eigenvalue weighted by molar-refractivity contribution is 0.329. The van der Waals surface area contributed by atoms with E-state index in [4.69, 9.17) is 0 Å². The van der Waals surface area contributed by atoms with E-state index < -0.39 is 6.17 Å². The molecule has 1 unspecified atom stereocenters. The van der Waals surface area contributed by atoms with Crippen molar-refractivity contribution in [1.29, 1.82) is 0 Å². The summed E-state index contributed by atoms with van der Waals surface area (Å²) in [6.07, 6.45) is 8.93. The summed E-state index contributed by atoms with van der Waals surface area (Å²) in [7, 11) is 0. The molecule has 0 aromatic heterocycles. The van der Waals surface area contributed by atoms with Crippen LogP contribution in [-0.2, 0) is 0 Å². The molecular weight excluding hydrogens is 151 g/mol. The van der Waals surface area contributed by atoms with E-state index in [2.05, 4.69) is 19.1 Å². The van der Waals surface area contributed by atoms with Gasteiger partial charge in [0.2, 0.25) is 0 Å². The molecule has 12 heavy (non-hydrogen) atoms. The molecule has 2 atom stereocenters. The molecule has 2 aliphatic carbocycles. The molecule has 0 amide bonds. The number of hydrogen-bond donors (Lipinski definition) is 0. The van der Waals surface area contributed by atoms with Crippen LogP contribution in [-0.4, -0.2) is 6.17 Å². The fourth-order valence-electron chi connectivity index (χ4n) is 1.89. The zero-order valence-electron chi connectivity index (χ0n) is 7.26. The molecule has 0 radical (unpaired) electrons. The Labute approximate surface area is 72.5 Å². The molecule has 1 heteroatoms. The van der Waals surface area contributed by atoms with E-state index in [-0.39, 0.29) is 0 Å². The maximum Gasteiger partial charge on any atom is 0.119 e. The van der Waals surface area contributed by atoms with Crippen LogP contribution >= 0.6 is 0 Å². The molecule has 0 bridgehead atoms. The zero-order chi connectivity index (χ0) is 8.55. The second kappa shape index (κ2) is 2.89. The van der Waals surface area contributed by atoms with E-state index in [9.17, 15) is 4.39 Å². The molecular formula is C11H13F. The average Bonchev–Trinajstić information content (AvgIpc) is 2.05. The van der Waals surface area contributed by atoms with Crippen LogP contribution in [0.2, 0.25) is 0 Å². The third kappa shape index (κ3) is 1.36. The van der Waals surface area contributed by atoms with Crippen molar-refractivity contribution in [1.82, 2.24) is 0 Å². The second-order valence-electron chi connectivity index (χ2n) is 3.64. The number of fused-ring (bicyclic) bond motifs is 1. The van der Waals surface area contributed by atoms with Gasteiger partial charge in [-0.1, -0.05) is 29.9 Å². The molecule has 0 aliphatic heterocycles. The summed E-state index contributed by atoms with van der Waals surface area (Å²) >= 11 is 0. The highest BCUT2D eigenvalue weighted by Gasteiger charge is 2.22. The first-order valence-corrected chi connectivity index (χ1v) is 4.46. The van der Waals surface area contributed by atoms with Crippen LogP contribution in [0.25, 0.3) is 0 Å². The summed E-state index contributed by atoms with van der Waals surface area (Å²) in [5.41, 5.74) is 2.62. The molecule has 0 aromatic carbocycles. The van der Waals surface area contributed by atoms with Gasteiger partial charge in [0.25, 0.3) is 0 Å². The van der Waals surface area contributed by atoms with Gasteiger partial charge in [-0.25, -0.2) is 4.39 Å². The third-order valence-electron chi connectivity index (χ3n) is 2.60. The standard InChI is InChI=1S/C11H13F/c1-8-2-3-10-7-11(12)5-4-9(10)6-8/h2,4-6,10-11H,3,7H2,1H3/t10?,11-/m1/s1. The van der Waals surface area contributed by atoms with Crippen molar-refractivity contribution in [3.63, 3.8) is 0 Å². The Morgan fingerprint density at radius 1 is 1.50 bits per heavy atom. The number of alkyl halides is 1. The quantitative estimate of drug-likeness (QED) is 0.516. The van der Waals surface area contributed by atoms with Crippen molar-refractivity contribution in [2.24, 2.45) is 5.92 Å². The van der Waals surface area contributed by atoms with E-state index >= 15 is 0 Å². The third-order valence-corrected chi connectivity index (χ3v) is 2.60. The van der Waals surface area contributed by atoms with Crippen molar-refractivity contribution in [3.8, 4) is 0 Å². The molecule has 2 rings (SSSR count). The summed E-state index contributed by atoms with van der Waals surface area (Å²) in [6.45, 7) is 2.10. The lowest BCUT2D eigenvalue weighted by atomic mass is 9.82. The Kier molecular flexibility index (Phi) is 1.87. The van der Waals surface area contributed by atoms with Gasteiger partial charge in [-0.05, 0) is 31.3 Å². The zero-order valence-corrected chi connectivity index (χ0v) is 7.26. The molecule has 0 saturated heterocycles. The van der Waals surface area contributed by atoms with E-state index in [1.807, 2.05) is 6.08 Å². The summed E-state index contributed by atoms with van der Waals surface area (Å²) in [6, 6.07) is 0. The maximum absolute atomic E-state index is 12.9. The molecule has 0 fully saturated rings. The average molecular weight is 164 g/mol. The first kappa shape index (κ1) is 7.78. The van der Waals surface area contributed by atoms with Crippen LogP contribution in [0.3, 0.4) is 0 Å². The lowest BCUT2D eigenvalue weighted by Crippen LogP contribution is -2.15. The van der Waals surface area contributed by atoms with Crippen LogP contribution in [0, 0.1) is 5.92 Å². The predicted octanol–water partition coefficient (Wildman–Crippen LogP) is 3.18. The molecule has 64 valence electrons. The van der Waals surface area contributed by atoms with Gasteiger partial charge in [-0.15, -0.1) is 0 Å². The molecule has 0 spiro atoms. The molecule has 0 aromatic rings. The van der Waals surface area contributed by atoms with Gasteiger partial charge in [0.1, 0.15) is 6.17 Å². The van der Waals surface area contributed by atoms with Crippen molar-refractivity contribution in [2.75, 3.05) is 0 Å². The van der Waals surface area contributed by atoms with E-state index in [1.165, 1.54) is 11.1 Å². The molecule has 0 N–H and O–H groups in total. The highest BCUT2D eigenvalue weighted by Crippen LogP contribution is 2.32. The molecule has 2 aliphatic rings. The first-order valence-electron chi connectivity index (χ1n) is 4.46. The van der Waals surface area contributed by atoms with Crippen LogP contribution in [0.15, 0.2) is 35.5 Å². The Balaban J connectivity index is 2.26. The van der Waals surface area contributed by atoms with Gasteiger partial charge < -0.3 is 0 Å². The topological polar surface area (TPSA) is 0 Å². The van der Waals surface area contributed by atoms with Gasteiger partial charge in [-0.2, -0.15) is 0 Å². The van der Waals surface area contributed by atoms with Crippen molar-refractivity contribution < 1.29 is 4.39 Å². The molecule has 0 nitrogen and oxygen atoms in total. The maximum atomic E-state index is 12.9. The van der Waals surface area contributed by atoms with Crippen molar-refractivity contribution in [2.45, 2.75) is 25.9 Å². The van der Waals surface area contributed by atoms with Crippen LogP contribution < -0.4 is 0 Å². The van der Waals surface area contributed by atoms with Crippen molar-refractivity contribution >= 4 is 0 Å². The van der Waals surface area contributed by atoms with E-state index in [1.54, 1.807) is 6.08 Å². The summed E-state index contributed by atoms with van der Waals surface area (Å²) < 4.78 is 12.9. The summed E-state index contributed by atoms with van der Waals surface area (Å²) in [4.78, 5) is 0. The normalized spacial score (nSPS) is 33.8. The Morgan fingerprint density at radius 3 is 3.17 bits per heavy atom. The minimum absolute atomic E-state index is 0.439. The number of rotatable bonds is 0. The number of hydrogen-bond acceptors (Lipinski definition) is 0. The Hall–Kier alpha value is -0.850. The predicted molar refractivity (Wildman–Crippen MR) is 48.6 cm³/mol. The van der Waals surface area contributed by atoms with Gasteiger partial charge in [-0.3, -0.25) is 0 Å². The molecule has 0 saturated carbocycles. The second-order valence-corrected chi connectivity index (χ2v) is 3.64. The first-order chi connectivity index (χ1) is 5.75. The Bertz CT molecular complexity index is 271. The van der Waals surface area contributed by atoms with Gasteiger partial charge >= 0.3 is 0 Å². The van der Waals surface area contributed by atoms with Crippen molar-refractivity contribution in [3.05, 3.63) is 35.5 Å². The number of allylic oxidation sites excluding steroid dienone is 6. The van der Waals surface area contributed by atoms with E-state index in [0.29, 0.717) is 12.3 Å². The van der Waals surface area contributed by atoms with Crippen LogP contribution in [0.1, 0.15) is 19.8 Å². The minimum Gasteiger partial charge on any atom is -0.243 e. The minimum atomic E-state index is -0.723. The lowest BCUT2D eigenvalue weighted by Gasteiger charge is -2.25. The molecule has 0 heterocycles. The highest BCUT2D eigenvalue weighted by atomic mass is 19.1. The smallest absolute Gasteiger partial charge is 0.119 e. The summed E-state index contributed by atoms with van der Waals surface area (Å²) in [5, 5.41) is 0. The van der Waals surface area contributed by atoms with Gasteiger partial charge in [0, 0.05) is 0 Å². The highest BCUT2D eigenvalue weighted by molar-refractivity contribution is 5.37. The van der Waals surface area contributed by atoms with E-state index in [0.717, 1.165) is 6.42 Å². The largest absolute Gasteiger partial charge is 0.243 e. The van der Waals surface area contributed by atoms with Crippen LogP contribution in [0.4, 0.5) is 4.39 Å². The SMILES string of the molecule is CC1=CCC2C[C@H](F)C=CC2=C1. The van der Waals surface area contributed by atoms with Gasteiger partial charge in [0.05, 0.1) is 0 Å². The summed E-state index contributed by atoms with van der Waals surface area (Å²) in [5.74, 6) is 0.439.